The van der Waals surface area contributed by atoms with Crippen molar-refractivity contribution in [3.8, 4) is 0 Å². The highest BCUT2D eigenvalue weighted by atomic mass is 32.2. The van der Waals surface area contributed by atoms with Gasteiger partial charge in [-0.1, -0.05) is 90.3 Å². The van der Waals surface area contributed by atoms with Crippen LogP contribution in [0, 0.1) is 0 Å². The van der Waals surface area contributed by atoms with Crippen molar-refractivity contribution in [2.24, 2.45) is 0 Å². The predicted octanol–water partition coefficient (Wildman–Crippen LogP) is 6.37. The molecule has 176 valence electrons. The van der Waals surface area contributed by atoms with Crippen LogP contribution in [-0.4, -0.2) is 21.2 Å². The van der Waals surface area contributed by atoms with E-state index in [0.29, 0.717) is 22.6 Å². The molecule has 1 amide bonds. The van der Waals surface area contributed by atoms with Crippen molar-refractivity contribution in [3.05, 3.63) is 119 Å². The van der Waals surface area contributed by atoms with Gasteiger partial charge in [0.15, 0.2) is 5.16 Å². The second kappa shape index (κ2) is 9.68. The van der Waals surface area contributed by atoms with E-state index in [0.717, 1.165) is 26.7 Å². The number of nitrogens with zero attached hydrogens (tertiary/aromatic N) is 3. The zero-order valence-corrected chi connectivity index (χ0v) is 20.8. The number of rotatable bonds is 5. The summed E-state index contributed by atoms with van der Waals surface area (Å²) in [4.78, 5) is 35.8. The van der Waals surface area contributed by atoms with E-state index in [1.54, 1.807) is 27.3 Å². The van der Waals surface area contributed by atoms with Crippen molar-refractivity contribution in [2.45, 2.75) is 21.5 Å². The Bertz CT molecular complexity index is 1600. The number of benzene rings is 4. The molecule has 0 saturated carbocycles. The van der Waals surface area contributed by atoms with Gasteiger partial charge in [-0.15, -0.1) is 0 Å². The third-order valence-electron chi connectivity index (χ3n) is 6.02. The first-order valence-corrected chi connectivity index (χ1v) is 13.3. The molecule has 7 heteroatoms. The molecule has 0 saturated heterocycles. The maximum absolute atomic E-state index is 13.7. The highest BCUT2D eigenvalue weighted by molar-refractivity contribution is 8.00. The van der Waals surface area contributed by atoms with Crippen LogP contribution in [0.1, 0.15) is 5.56 Å². The number of hydrogen-bond acceptors (Lipinski definition) is 5. The van der Waals surface area contributed by atoms with E-state index in [1.807, 2.05) is 97.1 Å². The smallest absolute Gasteiger partial charge is 0.262 e. The van der Waals surface area contributed by atoms with Gasteiger partial charge < -0.3 is 0 Å². The highest BCUT2D eigenvalue weighted by Gasteiger charge is 2.28. The normalized spacial score (nSPS) is 12.3. The number of amides is 1. The Hall–Kier alpha value is -3.81. The molecule has 2 heterocycles. The molecule has 1 aliphatic heterocycles. The predicted molar refractivity (Wildman–Crippen MR) is 146 cm³/mol. The first kappa shape index (κ1) is 22.6. The zero-order chi connectivity index (χ0) is 24.5. The van der Waals surface area contributed by atoms with Gasteiger partial charge in [-0.05, 0) is 42.0 Å². The van der Waals surface area contributed by atoms with Gasteiger partial charge in [-0.25, -0.2) is 4.98 Å². The first-order valence-electron chi connectivity index (χ1n) is 11.5. The van der Waals surface area contributed by atoms with Gasteiger partial charge in [0.1, 0.15) is 0 Å². The fourth-order valence-corrected chi connectivity index (χ4v) is 6.23. The molecule has 4 aromatic carbocycles. The molecule has 0 radical (unpaired) electrons. The number of anilines is 2. The fraction of sp³-hybridized carbons (Fsp3) is 0.0690. The second-order valence-corrected chi connectivity index (χ2v) is 10.4. The molecule has 5 aromatic rings. The van der Waals surface area contributed by atoms with Gasteiger partial charge >= 0.3 is 0 Å². The van der Waals surface area contributed by atoms with Crippen molar-refractivity contribution in [1.82, 2.24) is 9.55 Å². The average molecular weight is 508 g/mol. The first-order chi connectivity index (χ1) is 17.7. The van der Waals surface area contributed by atoms with Gasteiger partial charge in [0, 0.05) is 9.79 Å². The maximum Gasteiger partial charge on any atom is 0.262 e. The SMILES string of the molecule is O=C(CSc1nc2ccccc2c(=O)n1Cc1ccccc1)N1c2ccccc2Sc2ccccc21. The minimum absolute atomic E-state index is 0.0612. The van der Waals surface area contributed by atoms with E-state index < -0.39 is 0 Å². The van der Waals surface area contributed by atoms with Gasteiger partial charge in [-0.2, -0.15) is 0 Å². The molecule has 0 N–H and O–H groups in total. The van der Waals surface area contributed by atoms with Crippen LogP contribution in [0.15, 0.2) is 123 Å². The summed E-state index contributed by atoms with van der Waals surface area (Å²) in [6.45, 7) is 0.389. The van der Waals surface area contributed by atoms with E-state index in [2.05, 4.69) is 0 Å². The Balaban J connectivity index is 1.36. The zero-order valence-electron chi connectivity index (χ0n) is 19.2. The summed E-state index contributed by atoms with van der Waals surface area (Å²) in [7, 11) is 0. The highest BCUT2D eigenvalue weighted by Crippen LogP contribution is 2.48. The lowest BCUT2D eigenvalue weighted by Gasteiger charge is -2.31. The monoisotopic (exact) mass is 507 g/mol. The Morgan fingerprint density at radius 1 is 0.778 bits per heavy atom. The van der Waals surface area contributed by atoms with Crippen LogP contribution < -0.4 is 10.5 Å². The molecule has 36 heavy (non-hydrogen) atoms. The summed E-state index contributed by atoms with van der Waals surface area (Å²) in [5.41, 5.74) is 3.27. The van der Waals surface area contributed by atoms with Crippen LogP contribution in [0.2, 0.25) is 0 Å². The second-order valence-electron chi connectivity index (χ2n) is 8.34. The molecule has 5 nitrogen and oxygen atoms in total. The summed E-state index contributed by atoms with van der Waals surface area (Å²) in [6.07, 6.45) is 0. The van der Waals surface area contributed by atoms with Crippen molar-refractivity contribution in [2.75, 3.05) is 10.7 Å². The minimum atomic E-state index is -0.107. The van der Waals surface area contributed by atoms with E-state index in [4.69, 9.17) is 4.98 Å². The van der Waals surface area contributed by atoms with Gasteiger partial charge in [-0.3, -0.25) is 19.1 Å². The molecule has 0 spiro atoms. The summed E-state index contributed by atoms with van der Waals surface area (Å²) in [5, 5.41) is 1.10. The minimum Gasteiger partial charge on any atom is -0.283 e. The van der Waals surface area contributed by atoms with Crippen LogP contribution in [0.4, 0.5) is 11.4 Å². The Kier molecular flexibility index (Phi) is 6.09. The van der Waals surface area contributed by atoms with Crippen molar-refractivity contribution < 1.29 is 4.79 Å². The molecular formula is C29H21N3O2S2. The molecule has 0 atom stereocenters. The molecule has 0 aliphatic carbocycles. The van der Waals surface area contributed by atoms with Crippen LogP contribution in [0.25, 0.3) is 10.9 Å². The Labute approximate surface area is 216 Å². The van der Waals surface area contributed by atoms with Gasteiger partial charge in [0.2, 0.25) is 5.91 Å². The maximum atomic E-state index is 13.7. The number of fused-ring (bicyclic) bond motifs is 3. The van der Waals surface area contributed by atoms with Crippen LogP contribution in [0.3, 0.4) is 0 Å². The van der Waals surface area contributed by atoms with E-state index >= 15 is 0 Å². The van der Waals surface area contributed by atoms with Gasteiger partial charge in [0.25, 0.3) is 5.56 Å². The number of aromatic nitrogens is 2. The van der Waals surface area contributed by atoms with E-state index in [9.17, 15) is 9.59 Å². The molecular weight excluding hydrogens is 486 g/mol. The number of para-hydroxylation sites is 3. The van der Waals surface area contributed by atoms with Crippen molar-refractivity contribution in [3.63, 3.8) is 0 Å². The summed E-state index contributed by atoms with van der Waals surface area (Å²) in [5.74, 6) is 0.0845. The Morgan fingerprint density at radius 3 is 2.11 bits per heavy atom. The Morgan fingerprint density at radius 2 is 1.39 bits per heavy atom. The lowest BCUT2D eigenvalue weighted by atomic mass is 10.2. The van der Waals surface area contributed by atoms with Crippen molar-refractivity contribution >= 4 is 51.7 Å². The van der Waals surface area contributed by atoms with Crippen LogP contribution >= 0.6 is 23.5 Å². The number of hydrogen-bond donors (Lipinski definition) is 0. The van der Waals surface area contributed by atoms with E-state index in [-0.39, 0.29) is 17.2 Å². The van der Waals surface area contributed by atoms with E-state index in [1.165, 1.54) is 11.8 Å². The van der Waals surface area contributed by atoms with Crippen LogP contribution in [0.5, 0.6) is 0 Å². The standard InChI is InChI=1S/C29H21N3O2S2/c33-27(32-23-14-6-8-16-25(23)36-26-17-9-7-15-24(26)32)19-35-29-30-22-13-5-4-12-21(22)28(34)31(29)18-20-10-2-1-3-11-20/h1-17H,18-19H2. The summed E-state index contributed by atoms with van der Waals surface area (Å²) >= 11 is 2.97. The topological polar surface area (TPSA) is 55.2 Å². The largest absolute Gasteiger partial charge is 0.283 e. The number of thioether (sulfide) groups is 1. The number of carbonyl (C=O) groups is 1. The molecule has 1 aromatic heterocycles. The summed E-state index contributed by atoms with van der Waals surface area (Å²) in [6, 6.07) is 33.1. The lowest BCUT2D eigenvalue weighted by molar-refractivity contribution is -0.115. The molecule has 1 aliphatic rings. The summed E-state index contributed by atoms with van der Waals surface area (Å²) < 4.78 is 1.67. The van der Waals surface area contributed by atoms with Crippen LogP contribution in [-0.2, 0) is 11.3 Å². The fourth-order valence-electron chi connectivity index (χ4n) is 4.33. The molecule has 0 fully saturated rings. The lowest BCUT2D eigenvalue weighted by Crippen LogP contribution is -2.30. The quantitative estimate of drug-likeness (QED) is 0.204. The van der Waals surface area contributed by atoms with Crippen molar-refractivity contribution in [1.29, 1.82) is 0 Å². The third kappa shape index (κ3) is 4.21. The third-order valence-corrected chi connectivity index (χ3v) is 8.11. The van der Waals surface area contributed by atoms with Gasteiger partial charge in [0.05, 0.1) is 34.6 Å². The molecule has 6 rings (SSSR count). The molecule has 0 unspecified atom stereocenters. The average Bonchev–Trinajstić information content (AvgIpc) is 2.92. The number of carbonyl (C=O) groups excluding carboxylic acids is 1. The molecule has 0 bridgehead atoms.